The van der Waals surface area contributed by atoms with Crippen molar-refractivity contribution in [2.75, 3.05) is 7.05 Å². The maximum Gasteiger partial charge on any atom is 0.191 e. The predicted molar refractivity (Wildman–Crippen MR) is 105 cm³/mol. The summed E-state index contributed by atoms with van der Waals surface area (Å²) in [5.74, 6) is -0.00523. The molecule has 0 spiro atoms. The first-order valence-electron chi connectivity index (χ1n) is 7.32. The van der Waals surface area contributed by atoms with E-state index >= 15 is 0 Å². The Morgan fingerprint density at radius 2 is 1.96 bits per heavy atom. The number of nitrogens with one attached hydrogen (secondary N) is 2. The molecule has 1 aromatic carbocycles. The fourth-order valence-electron chi connectivity index (χ4n) is 1.91. The Labute approximate surface area is 161 Å². The molecule has 8 heteroatoms. The fourth-order valence-corrected chi connectivity index (χ4v) is 2.80. The van der Waals surface area contributed by atoms with E-state index in [9.17, 15) is 8.78 Å². The van der Waals surface area contributed by atoms with Crippen molar-refractivity contribution in [2.45, 2.75) is 32.9 Å². The van der Waals surface area contributed by atoms with E-state index in [0.717, 1.165) is 22.8 Å². The molecule has 0 aliphatic rings. The topological polar surface area (TPSA) is 49.3 Å². The van der Waals surface area contributed by atoms with Gasteiger partial charge in [-0.1, -0.05) is 13.8 Å². The first-order chi connectivity index (χ1) is 11.0. The van der Waals surface area contributed by atoms with Crippen molar-refractivity contribution in [2.24, 2.45) is 4.99 Å². The molecule has 0 bridgehead atoms. The maximum atomic E-state index is 13.6. The second kappa shape index (κ2) is 9.87. The minimum atomic E-state index is -0.463. The van der Waals surface area contributed by atoms with E-state index in [0.29, 0.717) is 18.4 Å². The third kappa shape index (κ3) is 5.97. The van der Waals surface area contributed by atoms with Gasteiger partial charge < -0.3 is 10.6 Å². The minimum Gasteiger partial charge on any atom is -0.352 e. The SMILES string of the molecule is CN=C(NCc1nc(C(C)C)cs1)NCc1cc(F)ccc1F.I. The van der Waals surface area contributed by atoms with Crippen LogP contribution in [0.15, 0.2) is 28.6 Å². The predicted octanol–water partition coefficient (Wildman–Crippen LogP) is 4.03. The molecule has 4 nitrogen and oxygen atoms in total. The molecule has 0 saturated carbocycles. The van der Waals surface area contributed by atoms with Crippen LogP contribution < -0.4 is 10.6 Å². The number of hydrogen-bond donors (Lipinski definition) is 2. The van der Waals surface area contributed by atoms with E-state index in [1.165, 1.54) is 6.07 Å². The molecule has 0 saturated heterocycles. The van der Waals surface area contributed by atoms with E-state index < -0.39 is 11.6 Å². The van der Waals surface area contributed by atoms with Crippen LogP contribution in [0.2, 0.25) is 0 Å². The van der Waals surface area contributed by atoms with Crippen LogP contribution in [0, 0.1) is 11.6 Å². The highest BCUT2D eigenvalue weighted by molar-refractivity contribution is 14.0. The monoisotopic (exact) mass is 466 g/mol. The normalized spacial score (nSPS) is 11.3. The lowest BCUT2D eigenvalue weighted by Gasteiger charge is -2.11. The van der Waals surface area contributed by atoms with Gasteiger partial charge in [-0.05, 0) is 24.1 Å². The highest BCUT2D eigenvalue weighted by atomic mass is 127. The fraction of sp³-hybridized carbons (Fsp3) is 0.375. The van der Waals surface area contributed by atoms with Crippen molar-refractivity contribution in [3.63, 3.8) is 0 Å². The van der Waals surface area contributed by atoms with Gasteiger partial charge >= 0.3 is 0 Å². The number of aliphatic imine (C=N–C) groups is 1. The number of hydrogen-bond acceptors (Lipinski definition) is 3. The average Bonchev–Trinajstić information content (AvgIpc) is 3.00. The standard InChI is InChI=1S/C16H20F2N4S.HI/c1-10(2)14-9-23-15(22-14)8-21-16(19-3)20-7-11-6-12(17)4-5-13(11)18;/h4-6,9-10H,7-8H2,1-3H3,(H2,19,20,21);1H. The van der Waals surface area contributed by atoms with Gasteiger partial charge in [-0.3, -0.25) is 4.99 Å². The molecule has 132 valence electrons. The van der Waals surface area contributed by atoms with Crippen LogP contribution in [0.5, 0.6) is 0 Å². The Kier molecular flexibility index (Phi) is 8.54. The van der Waals surface area contributed by atoms with Crippen molar-refractivity contribution in [3.05, 3.63) is 51.5 Å². The molecule has 1 aromatic heterocycles. The quantitative estimate of drug-likeness (QED) is 0.398. The third-order valence-corrected chi connectivity index (χ3v) is 4.11. The molecule has 0 unspecified atom stereocenters. The summed E-state index contributed by atoms with van der Waals surface area (Å²) in [5.41, 5.74) is 1.32. The minimum absolute atomic E-state index is 0. The van der Waals surface area contributed by atoms with Gasteiger partial charge in [0.05, 0.1) is 12.2 Å². The molecule has 2 N–H and O–H groups in total. The Morgan fingerprint density at radius 3 is 2.58 bits per heavy atom. The van der Waals surface area contributed by atoms with E-state index in [2.05, 4.69) is 34.5 Å². The van der Waals surface area contributed by atoms with Gasteiger partial charge in [0.2, 0.25) is 0 Å². The molecule has 0 atom stereocenters. The smallest absolute Gasteiger partial charge is 0.191 e. The molecule has 2 aromatic rings. The van der Waals surface area contributed by atoms with Crippen LogP contribution in [0.4, 0.5) is 8.78 Å². The second-order valence-corrected chi connectivity index (χ2v) is 6.28. The van der Waals surface area contributed by atoms with Gasteiger partial charge in [-0.25, -0.2) is 13.8 Å². The summed E-state index contributed by atoms with van der Waals surface area (Å²) < 4.78 is 26.7. The van der Waals surface area contributed by atoms with Gasteiger partial charge in [0, 0.05) is 24.5 Å². The first-order valence-corrected chi connectivity index (χ1v) is 8.20. The van der Waals surface area contributed by atoms with E-state index in [4.69, 9.17) is 0 Å². The lowest BCUT2D eigenvalue weighted by Crippen LogP contribution is -2.36. The van der Waals surface area contributed by atoms with E-state index in [1.54, 1.807) is 18.4 Å². The number of nitrogens with zero attached hydrogens (tertiary/aromatic N) is 2. The summed E-state index contributed by atoms with van der Waals surface area (Å²) >= 11 is 1.58. The maximum absolute atomic E-state index is 13.6. The zero-order chi connectivity index (χ0) is 16.8. The Bertz CT molecular complexity index is 688. The molecule has 0 fully saturated rings. The number of guanidine groups is 1. The summed E-state index contributed by atoms with van der Waals surface area (Å²) in [4.78, 5) is 8.59. The molecule has 0 aliphatic heterocycles. The summed E-state index contributed by atoms with van der Waals surface area (Å²) in [6, 6.07) is 3.39. The number of thiazole rings is 1. The van der Waals surface area contributed by atoms with Crippen LogP contribution in [-0.2, 0) is 13.1 Å². The molecule has 0 amide bonds. The van der Waals surface area contributed by atoms with Gasteiger partial charge in [-0.2, -0.15) is 0 Å². The Morgan fingerprint density at radius 1 is 1.25 bits per heavy atom. The highest BCUT2D eigenvalue weighted by Gasteiger charge is 2.08. The zero-order valence-corrected chi connectivity index (χ0v) is 16.9. The molecule has 0 radical (unpaired) electrons. The average molecular weight is 466 g/mol. The number of benzene rings is 1. The van der Waals surface area contributed by atoms with Gasteiger partial charge in [0.25, 0.3) is 0 Å². The number of aromatic nitrogens is 1. The molecule has 0 aliphatic carbocycles. The molecule has 1 heterocycles. The van der Waals surface area contributed by atoms with Crippen molar-refractivity contribution in [1.29, 1.82) is 0 Å². The first kappa shape index (κ1) is 20.8. The lowest BCUT2D eigenvalue weighted by atomic mass is 10.2. The van der Waals surface area contributed by atoms with Crippen LogP contribution >= 0.6 is 35.3 Å². The van der Waals surface area contributed by atoms with Crippen molar-refractivity contribution < 1.29 is 8.78 Å². The van der Waals surface area contributed by atoms with Crippen molar-refractivity contribution >= 4 is 41.3 Å². The third-order valence-electron chi connectivity index (χ3n) is 3.25. The summed E-state index contributed by atoms with van der Waals surface area (Å²) in [6.45, 7) is 4.88. The van der Waals surface area contributed by atoms with Gasteiger partial charge in [0.15, 0.2) is 5.96 Å². The van der Waals surface area contributed by atoms with Gasteiger partial charge in [0.1, 0.15) is 16.6 Å². The zero-order valence-electron chi connectivity index (χ0n) is 13.8. The second-order valence-electron chi connectivity index (χ2n) is 5.34. The lowest BCUT2D eigenvalue weighted by molar-refractivity contribution is 0.581. The highest BCUT2D eigenvalue weighted by Crippen LogP contribution is 2.17. The van der Waals surface area contributed by atoms with E-state index in [1.807, 2.05) is 5.38 Å². The molecular formula is C16H21F2IN4S. The van der Waals surface area contributed by atoms with E-state index in [-0.39, 0.29) is 36.1 Å². The van der Waals surface area contributed by atoms with Crippen LogP contribution in [0.3, 0.4) is 0 Å². The molecular weight excluding hydrogens is 445 g/mol. The largest absolute Gasteiger partial charge is 0.352 e. The van der Waals surface area contributed by atoms with Crippen molar-refractivity contribution in [3.8, 4) is 0 Å². The summed E-state index contributed by atoms with van der Waals surface area (Å²) in [5, 5.41) is 9.07. The Hall–Kier alpha value is -1.29. The number of rotatable bonds is 5. The number of halogens is 3. The van der Waals surface area contributed by atoms with Crippen LogP contribution in [0.25, 0.3) is 0 Å². The summed E-state index contributed by atoms with van der Waals surface area (Å²) in [6.07, 6.45) is 0. The van der Waals surface area contributed by atoms with Gasteiger partial charge in [-0.15, -0.1) is 35.3 Å². The molecule has 2 rings (SSSR count). The van der Waals surface area contributed by atoms with Crippen LogP contribution in [0.1, 0.15) is 36.0 Å². The Balaban J connectivity index is 0.00000288. The van der Waals surface area contributed by atoms with Crippen molar-refractivity contribution in [1.82, 2.24) is 15.6 Å². The summed E-state index contributed by atoms with van der Waals surface area (Å²) in [7, 11) is 1.62. The molecule has 24 heavy (non-hydrogen) atoms. The van der Waals surface area contributed by atoms with Crippen LogP contribution in [-0.4, -0.2) is 18.0 Å².